The second-order valence-electron chi connectivity index (χ2n) is 2.30. The van der Waals surface area contributed by atoms with E-state index in [0.717, 1.165) is 5.69 Å². The van der Waals surface area contributed by atoms with Crippen molar-refractivity contribution < 1.29 is 0 Å². The molecule has 0 spiro atoms. The van der Waals surface area contributed by atoms with Gasteiger partial charge in [0, 0.05) is 25.6 Å². The number of aryl methyl sites for hydroxylation is 1. The zero-order valence-electron chi connectivity index (χ0n) is 6.10. The predicted octanol–water partition coefficient (Wildman–Crippen LogP) is 0.256. The van der Waals surface area contributed by atoms with Crippen LogP contribution >= 0.6 is 0 Å². The maximum Gasteiger partial charge on any atom is 0.179 e. The molecule has 0 amide bonds. The summed E-state index contributed by atoms with van der Waals surface area (Å²) in [6.45, 7) is 0. The van der Waals surface area contributed by atoms with E-state index in [9.17, 15) is 0 Å². The number of amidine groups is 1. The van der Waals surface area contributed by atoms with Gasteiger partial charge in [-0.25, -0.2) is 15.3 Å². The number of nitrogens with zero attached hydrogens (tertiary/aromatic N) is 4. The highest BCUT2D eigenvalue weighted by Crippen LogP contribution is 2.00. The molecule has 0 bridgehead atoms. The number of imidazole rings is 1. The molecule has 0 saturated heterocycles. The zero-order valence-corrected chi connectivity index (χ0v) is 6.10. The lowest BCUT2D eigenvalue weighted by Crippen LogP contribution is -2.07. The molecule has 4 heteroatoms. The molecular weight excluding hydrogens is 140 g/mol. The van der Waals surface area contributed by atoms with Crippen molar-refractivity contribution in [1.82, 2.24) is 14.9 Å². The smallest absolute Gasteiger partial charge is 0.179 e. The number of hydrogen-bond donors (Lipinski definition) is 0. The van der Waals surface area contributed by atoms with E-state index >= 15 is 0 Å². The van der Waals surface area contributed by atoms with Gasteiger partial charge in [-0.15, -0.1) is 0 Å². The van der Waals surface area contributed by atoms with Crippen molar-refractivity contribution in [1.29, 1.82) is 0 Å². The first-order chi connectivity index (χ1) is 5.36. The highest BCUT2D eigenvalue weighted by Gasteiger charge is 2.07. The minimum Gasteiger partial charge on any atom is -0.340 e. The van der Waals surface area contributed by atoms with Crippen LogP contribution in [0, 0.1) is 0 Å². The molecule has 0 saturated carbocycles. The van der Waals surface area contributed by atoms with Gasteiger partial charge in [-0.2, -0.15) is 0 Å². The molecule has 2 heterocycles. The molecule has 0 fully saturated rings. The van der Waals surface area contributed by atoms with E-state index < -0.39 is 0 Å². The van der Waals surface area contributed by atoms with Crippen LogP contribution in [0.2, 0.25) is 0 Å². The Morgan fingerprint density at radius 1 is 1.36 bits per heavy atom. The maximum atomic E-state index is 4.10. The maximum absolute atomic E-state index is 4.10. The largest absolute Gasteiger partial charge is 0.340 e. The average molecular weight is 147 g/mol. The van der Waals surface area contributed by atoms with Gasteiger partial charge in [0.25, 0.3) is 0 Å². The van der Waals surface area contributed by atoms with Crippen molar-refractivity contribution in [2.75, 3.05) is 0 Å². The molecule has 11 heavy (non-hydrogen) atoms. The predicted molar refractivity (Wildman–Crippen MR) is 41.0 cm³/mol. The molecule has 1 aliphatic heterocycles. The minimum atomic E-state index is 0.686. The molecular formula is C7H7N4. The van der Waals surface area contributed by atoms with Gasteiger partial charge in [-0.1, -0.05) is 0 Å². The van der Waals surface area contributed by atoms with Gasteiger partial charge in [-0.05, 0) is 0 Å². The van der Waals surface area contributed by atoms with Crippen LogP contribution in [-0.4, -0.2) is 15.4 Å². The van der Waals surface area contributed by atoms with Gasteiger partial charge < -0.3 is 4.57 Å². The summed E-state index contributed by atoms with van der Waals surface area (Å²) in [7, 11) is 1.92. The molecule has 0 aromatic carbocycles. The molecule has 1 aliphatic rings. The van der Waals surface area contributed by atoms with Crippen molar-refractivity contribution in [2.24, 2.45) is 12.0 Å². The van der Waals surface area contributed by atoms with E-state index in [1.165, 1.54) is 0 Å². The molecule has 0 atom stereocenters. The highest BCUT2D eigenvalue weighted by atomic mass is 15.1. The minimum absolute atomic E-state index is 0.686. The van der Waals surface area contributed by atoms with Crippen molar-refractivity contribution in [3.63, 3.8) is 0 Å². The van der Waals surface area contributed by atoms with E-state index in [4.69, 9.17) is 0 Å². The molecule has 1 aromatic rings. The highest BCUT2D eigenvalue weighted by molar-refractivity contribution is 5.98. The summed E-state index contributed by atoms with van der Waals surface area (Å²) in [5, 5.41) is 4.01. The summed E-state index contributed by atoms with van der Waals surface area (Å²) in [5.74, 6) is 0.686. The first-order valence-corrected chi connectivity index (χ1v) is 3.28. The lowest BCUT2D eigenvalue weighted by Gasteiger charge is -1.90. The second kappa shape index (κ2) is 2.23. The Kier molecular flexibility index (Phi) is 1.25. The SMILES string of the molecule is Cn1cnc(C2=NC=C[N]2)c1. The summed E-state index contributed by atoms with van der Waals surface area (Å²) in [6, 6.07) is 0. The fourth-order valence-corrected chi connectivity index (χ4v) is 0.902. The summed E-state index contributed by atoms with van der Waals surface area (Å²) < 4.78 is 1.87. The molecule has 0 N–H and O–H groups in total. The number of aromatic nitrogens is 2. The van der Waals surface area contributed by atoms with Crippen LogP contribution in [0.1, 0.15) is 5.69 Å². The van der Waals surface area contributed by atoms with E-state index in [0.29, 0.717) is 5.84 Å². The molecule has 1 aromatic heterocycles. The van der Waals surface area contributed by atoms with Crippen LogP contribution in [-0.2, 0) is 7.05 Å². The summed E-state index contributed by atoms with van der Waals surface area (Å²) in [4.78, 5) is 8.11. The van der Waals surface area contributed by atoms with E-state index in [2.05, 4.69) is 15.3 Å². The van der Waals surface area contributed by atoms with Crippen LogP contribution in [0.3, 0.4) is 0 Å². The van der Waals surface area contributed by atoms with Crippen LogP contribution in [0.25, 0.3) is 0 Å². The Morgan fingerprint density at radius 2 is 2.27 bits per heavy atom. The van der Waals surface area contributed by atoms with Gasteiger partial charge in [0.15, 0.2) is 5.84 Å². The van der Waals surface area contributed by atoms with Crippen LogP contribution in [0.4, 0.5) is 0 Å². The molecule has 1 radical (unpaired) electrons. The van der Waals surface area contributed by atoms with Gasteiger partial charge in [0.05, 0.1) is 6.33 Å². The number of rotatable bonds is 1. The first-order valence-electron chi connectivity index (χ1n) is 3.28. The zero-order chi connectivity index (χ0) is 7.68. The Morgan fingerprint density at radius 3 is 2.82 bits per heavy atom. The lowest BCUT2D eigenvalue weighted by atomic mass is 10.4. The van der Waals surface area contributed by atoms with Crippen molar-refractivity contribution >= 4 is 5.84 Å². The lowest BCUT2D eigenvalue weighted by molar-refractivity contribution is 0.913. The first kappa shape index (κ1) is 6.15. The van der Waals surface area contributed by atoms with E-state index in [-0.39, 0.29) is 0 Å². The molecule has 0 unspecified atom stereocenters. The summed E-state index contributed by atoms with van der Waals surface area (Å²) >= 11 is 0. The van der Waals surface area contributed by atoms with Crippen molar-refractivity contribution in [3.8, 4) is 0 Å². The number of hydrogen-bond acceptors (Lipinski definition) is 2. The second-order valence-corrected chi connectivity index (χ2v) is 2.30. The molecule has 0 aliphatic carbocycles. The molecule has 4 nitrogen and oxygen atoms in total. The van der Waals surface area contributed by atoms with Crippen LogP contribution in [0.15, 0.2) is 29.9 Å². The Hall–Kier alpha value is -1.58. The van der Waals surface area contributed by atoms with E-state index in [1.807, 2.05) is 17.8 Å². The third-order valence-electron chi connectivity index (χ3n) is 1.39. The van der Waals surface area contributed by atoms with Gasteiger partial charge in [0.2, 0.25) is 0 Å². The summed E-state index contributed by atoms with van der Waals surface area (Å²) in [5.41, 5.74) is 0.817. The van der Waals surface area contributed by atoms with Gasteiger partial charge in [-0.3, -0.25) is 0 Å². The van der Waals surface area contributed by atoms with Crippen molar-refractivity contribution in [2.45, 2.75) is 0 Å². The quantitative estimate of drug-likeness (QED) is 0.561. The monoisotopic (exact) mass is 147 g/mol. The summed E-state index contributed by atoms with van der Waals surface area (Å²) in [6.07, 6.45) is 6.93. The fraction of sp³-hybridized carbons (Fsp3) is 0.143. The van der Waals surface area contributed by atoms with Gasteiger partial charge in [0.1, 0.15) is 5.69 Å². The Labute approximate surface area is 64.3 Å². The number of aliphatic imine (C=N–C) groups is 1. The topological polar surface area (TPSA) is 44.3 Å². The van der Waals surface area contributed by atoms with Gasteiger partial charge >= 0.3 is 0 Å². The normalized spacial score (nSPS) is 14.8. The van der Waals surface area contributed by atoms with Crippen LogP contribution in [0.5, 0.6) is 0 Å². The van der Waals surface area contributed by atoms with Crippen LogP contribution < -0.4 is 5.32 Å². The molecule has 55 valence electrons. The standard InChI is InChI=1S/C7H7N4/c1-11-4-6(10-5-11)7-8-2-3-9-7/h2-5H,1H3. The third kappa shape index (κ3) is 1.02. The Bertz CT molecular complexity index is 321. The molecule has 2 rings (SSSR count). The third-order valence-corrected chi connectivity index (χ3v) is 1.39. The fourth-order valence-electron chi connectivity index (χ4n) is 0.902. The van der Waals surface area contributed by atoms with Crippen molar-refractivity contribution in [3.05, 3.63) is 30.6 Å². The van der Waals surface area contributed by atoms with E-state index in [1.54, 1.807) is 18.7 Å². The average Bonchev–Trinajstić information content (AvgIpc) is 2.55. The Balaban J connectivity index is 2.30.